The molecule has 0 aliphatic carbocycles. The van der Waals surface area contributed by atoms with Crippen molar-refractivity contribution in [3.63, 3.8) is 0 Å². The van der Waals surface area contributed by atoms with E-state index in [1.54, 1.807) is 0 Å². The summed E-state index contributed by atoms with van der Waals surface area (Å²) >= 11 is 0. The fraction of sp³-hybridized carbons (Fsp3) is 1.00. The number of unbranched alkanes of at least 4 members (excludes halogenated alkanes) is 1. The highest BCUT2D eigenvalue weighted by Gasteiger charge is 2.16. The second-order valence-electron chi connectivity index (χ2n) is 4.67. The van der Waals surface area contributed by atoms with Crippen molar-refractivity contribution < 1.29 is 0 Å². The van der Waals surface area contributed by atoms with Crippen molar-refractivity contribution >= 4 is 0 Å². The van der Waals surface area contributed by atoms with Gasteiger partial charge in [-0.25, -0.2) is 0 Å². The summed E-state index contributed by atoms with van der Waals surface area (Å²) in [5.74, 6) is 7.04. The smallest absolute Gasteiger partial charge is 0.0236 e. The highest BCUT2D eigenvalue weighted by molar-refractivity contribution is 4.72. The molecule has 2 nitrogen and oxygen atoms in total. The topological polar surface area (TPSA) is 38.0 Å². The van der Waals surface area contributed by atoms with Crippen LogP contribution in [0.1, 0.15) is 59.8 Å². The Balaban J connectivity index is 3.87. The first-order valence-electron chi connectivity index (χ1n) is 6.11. The highest BCUT2D eigenvalue weighted by Crippen LogP contribution is 2.21. The van der Waals surface area contributed by atoms with Crippen molar-refractivity contribution in [1.82, 2.24) is 5.43 Å². The Morgan fingerprint density at radius 2 is 1.86 bits per heavy atom. The summed E-state index contributed by atoms with van der Waals surface area (Å²) in [6, 6.07) is 0.483. The zero-order valence-electron chi connectivity index (χ0n) is 10.3. The van der Waals surface area contributed by atoms with Crippen LogP contribution in [0.5, 0.6) is 0 Å². The molecule has 0 rings (SSSR count). The molecule has 2 heteroatoms. The van der Waals surface area contributed by atoms with Crippen molar-refractivity contribution in [3.8, 4) is 0 Å². The number of hydrogen-bond donors (Lipinski definition) is 2. The number of hydrazine groups is 1. The molecule has 3 N–H and O–H groups in total. The van der Waals surface area contributed by atoms with Gasteiger partial charge in [-0.3, -0.25) is 11.3 Å². The van der Waals surface area contributed by atoms with E-state index in [0.717, 1.165) is 5.92 Å². The number of hydrogen-bond acceptors (Lipinski definition) is 2. The van der Waals surface area contributed by atoms with Crippen LogP contribution in [0.3, 0.4) is 0 Å². The number of nitrogens with one attached hydrogen (secondary N) is 1. The van der Waals surface area contributed by atoms with Crippen LogP contribution in [0.2, 0.25) is 0 Å². The van der Waals surface area contributed by atoms with Crippen molar-refractivity contribution in [2.45, 2.75) is 65.8 Å². The van der Waals surface area contributed by atoms with Gasteiger partial charge in [-0.2, -0.15) is 0 Å². The van der Waals surface area contributed by atoms with Crippen molar-refractivity contribution in [3.05, 3.63) is 0 Å². The van der Waals surface area contributed by atoms with Crippen LogP contribution >= 0.6 is 0 Å². The number of rotatable bonds is 8. The average Bonchev–Trinajstić information content (AvgIpc) is 2.18. The van der Waals surface area contributed by atoms with Gasteiger partial charge in [0.05, 0.1) is 0 Å². The second kappa shape index (κ2) is 8.25. The standard InChI is InChI=1S/C12H28N2/c1-5-7-8-11(6-2)9-12(14-13)10(3)4/h10-12,14H,5-9,13H2,1-4H3. The van der Waals surface area contributed by atoms with Crippen LogP contribution in [0, 0.1) is 11.8 Å². The Labute approximate surface area is 89.6 Å². The average molecular weight is 200 g/mol. The van der Waals surface area contributed by atoms with Crippen molar-refractivity contribution in [1.29, 1.82) is 0 Å². The van der Waals surface area contributed by atoms with Crippen molar-refractivity contribution in [2.75, 3.05) is 0 Å². The van der Waals surface area contributed by atoms with Crippen LogP contribution < -0.4 is 11.3 Å². The first-order valence-corrected chi connectivity index (χ1v) is 6.11. The van der Waals surface area contributed by atoms with E-state index in [1.165, 1.54) is 32.1 Å². The van der Waals surface area contributed by atoms with Gasteiger partial charge in [-0.15, -0.1) is 0 Å². The van der Waals surface area contributed by atoms with Gasteiger partial charge >= 0.3 is 0 Å². The fourth-order valence-electron chi connectivity index (χ4n) is 1.87. The minimum Gasteiger partial charge on any atom is -0.271 e. The Hall–Kier alpha value is -0.0800. The molecule has 0 radical (unpaired) electrons. The Bertz CT molecular complexity index is 123. The second-order valence-corrected chi connectivity index (χ2v) is 4.67. The van der Waals surface area contributed by atoms with E-state index in [4.69, 9.17) is 5.84 Å². The minimum atomic E-state index is 0.483. The summed E-state index contributed by atoms with van der Waals surface area (Å²) in [6.07, 6.45) is 6.53. The molecule has 0 saturated heterocycles. The van der Waals surface area contributed by atoms with E-state index in [9.17, 15) is 0 Å². The lowest BCUT2D eigenvalue weighted by molar-refractivity contribution is 0.301. The van der Waals surface area contributed by atoms with Crippen LogP contribution in [0.4, 0.5) is 0 Å². The monoisotopic (exact) mass is 200 g/mol. The molecular formula is C12H28N2. The van der Waals surface area contributed by atoms with Gasteiger partial charge in [0.1, 0.15) is 0 Å². The quantitative estimate of drug-likeness (QED) is 0.467. The Kier molecular flexibility index (Phi) is 8.20. The summed E-state index contributed by atoms with van der Waals surface area (Å²) in [7, 11) is 0. The van der Waals surface area contributed by atoms with E-state index in [0.29, 0.717) is 12.0 Å². The van der Waals surface area contributed by atoms with E-state index in [-0.39, 0.29) is 0 Å². The Morgan fingerprint density at radius 3 is 2.21 bits per heavy atom. The molecule has 0 amide bonds. The minimum absolute atomic E-state index is 0.483. The molecule has 2 atom stereocenters. The van der Waals surface area contributed by atoms with Crippen LogP contribution in [-0.4, -0.2) is 6.04 Å². The molecule has 2 unspecified atom stereocenters. The molecule has 0 bridgehead atoms. The van der Waals surface area contributed by atoms with Crippen LogP contribution in [-0.2, 0) is 0 Å². The Morgan fingerprint density at radius 1 is 1.21 bits per heavy atom. The summed E-state index contributed by atoms with van der Waals surface area (Å²) in [5.41, 5.74) is 2.94. The summed E-state index contributed by atoms with van der Waals surface area (Å²) in [6.45, 7) is 9.01. The lowest BCUT2D eigenvalue weighted by atomic mass is 9.88. The first kappa shape index (κ1) is 13.9. The lowest BCUT2D eigenvalue weighted by Crippen LogP contribution is -2.40. The van der Waals surface area contributed by atoms with Gasteiger partial charge in [-0.05, 0) is 18.3 Å². The molecule has 0 spiro atoms. The maximum absolute atomic E-state index is 5.56. The maximum atomic E-state index is 5.56. The summed E-state index contributed by atoms with van der Waals surface area (Å²) in [5, 5.41) is 0. The van der Waals surface area contributed by atoms with Crippen LogP contribution in [0.25, 0.3) is 0 Å². The van der Waals surface area contributed by atoms with Crippen molar-refractivity contribution in [2.24, 2.45) is 17.7 Å². The van der Waals surface area contributed by atoms with Gasteiger partial charge in [0.25, 0.3) is 0 Å². The summed E-state index contributed by atoms with van der Waals surface area (Å²) < 4.78 is 0. The maximum Gasteiger partial charge on any atom is 0.0236 e. The normalized spacial score (nSPS) is 15.9. The predicted molar refractivity (Wildman–Crippen MR) is 63.9 cm³/mol. The molecule has 14 heavy (non-hydrogen) atoms. The molecule has 0 aromatic carbocycles. The van der Waals surface area contributed by atoms with E-state index < -0.39 is 0 Å². The molecule has 86 valence electrons. The van der Waals surface area contributed by atoms with Gasteiger partial charge in [0, 0.05) is 6.04 Å². The largest absolute Gasteiger partial charge is 0.271 e. The van der Waals surface area contributed by atoms with Gasteiger partial charge in [-0.1, -0.05) is 53.4 Å². The van der Waals surface area contributed by atoms with E-state index in [2.05, 4.69) is 33.1 Å². The third kappa shape index (κ3) is 5.61. The van der Waals surface area contributed by atoms with E-state index in [1.807, 2.05) is 0 Å². The van der Waals surface area contributed by atoms with Gasteiger partial charge in [0.15, 0.2) is 0 Å². The molecule has 0 heterocycles. The fourth-order valence-corrected chi connectivity index (χ4v) is 1.87. The number of nitrogens with two attached hydrogens (primary N) is 1. The first-order chi connectivity index (χ1) is 6.65. The zero-order chi connectivity index (χ0) is 11.0. The molecule has 0 aliphatic heterocycles. The van der Waals surface area contributed by atoms with E-state index >= 15 is 0 Å². The third-order valence-corrected chi connectivity index (χ3v) is 3.15. The molecule has 0 aromatic rings. The molecular weight excluding hydrogens is 172 g/mol. The van der Waals surface area contributed by atoms with Gasteiger partial charge < -0.3 is 0 Å². The predicted octanol–water partition coefficient (Wildman–Crippen LogP) is 3.08. The summed E-state index contributed by atoms with van der Waals surface area (Å²) in [4.78, 5) is 0. The highest BCUT2D eigenvalue weighted by atomic mass is 15.2. The molecule has 0 saturated carbocycles. The third-order valence-electron chi connectivity index (χ3n) is 3.15. The lowest BCUT2D eigenvalue weighted by Gasteiger charge is -2.25. The van der Waals surface area contributed by atoms with Gasteiger partial charge in [0.2, 0.25) is 0 Å². The molecule has 0 aromatic heterocycles. The molecule has 0 fully saturated rings. The SMILES string of the molecule is CCCCC(CC)CC(NN)C(C)C. The van der Waals surface area contributed by atoms with Crippen LogP contribution in [0.15, 0.2) is 0 Å². The molecule has 0 aliphatic rings. The zero-order valence-corrected chi connectivity index (χ0v) is 10.3.